The second-order valence-corrected chi connectivity index (χ2v) is 2.79. The smallest absolute Gasteiger partial charge is 0.0912 e. The van der Waals surface area contributed by atoms with Crippen molar-refractivity contribution < 1.29 is 0 Å². The van der Waals surface area contributed by atoms with Gasteiger partial charge in [-0.25, -0.2) is 0 Å². The number of rotatable bonds is 3. The molecule has 1 aromatic heterocycles. The molecule has 1 heterocycles. The Balaban J connectivity index is 2.80. The number of allylic oxidation sites excluding steroid dienone is 1. The number of hydrogen-bond donors (Lipinski definition) is 0. The highest BCUT2D eigenvalue weighted by atomic mass is 14.7. The second-order valence-electron chi connectivity index (χ2n) is 2.79. The van der Waals surface area contributed by atoms with E-state index in [1.54, 1.807) is 12.3 Å². The first-order valence-electron chi connectivity index (χ1n) is 4.38. The molecule has 1 aromatic rings. The monoisotopic (exact) mass is 172 g/mol. The zero-order valence-corrected chi connectivity index (χ0v) is 7.70. The molecule has 0 aliphatic heterocycles. The third kappa shape index (κ3) is 3.08. The summed E-state index contributed by atoms with van der Waals surface area (Å²) in [5.41, 5.74) is 2.13. The van der Waals surface area contributed by atoms with Gasteiger partial charge in [0.15, 0.2) is 0 Å². The summed E-state index contributed by atoms with van der Waals surface area (Å²) in [7, 11) is 0. The van der Waals surface area contributed by atoms with Gasteiger partial charge in [0.05, 0.1) is 6.07 Å². The molecule has 2 nitrogen and oxygen atoms in total. The maximum atomic E-state index is 8.35. The van der Waals surface area contributed by atoms with Crippen molar-refractivity contribution in [1.29, 1.82) is 5.26 Å². The molecule has 66 valence electrons. The zero-order valence-electron chi connectivity index (χ0n) is 7.70. The molecular weight excluding hydrogens is 160 g/mol. The highest BCUT2D eigenvalue weighted by molar-refractivity contribution is 5.51. The quantitative estimate of drug-likeness (QED) is 0.657. The largest absolute Gasteiger partial charge is 0.261 e. The SMILES string of the molecule is CCCc1cc(C=CC#N)ccn1. The van der Waals surface area contributed by atoms with Gasteiger partial charge in [-0.05, 0) is 30.2 Å². The van der Waals surface area contributed by atoms with E-state index in [4.69, 9.17) is 5.26 Å². The summed E-state index contributed by atoms with van der Waals surface area (Å²) in [6.45, 7) is 2.12. The Hall–Kier alpha value is -1.62. The molecule has 0 atom stereocenters. The van der Waals surface area contributed by atoms with Gasteiger partial charge in [-0.2, -0.15) is 5.26 Å². The summed E-state index contributed by atoms with van der Waals surface area (Å²) in [6.07, 6.45) is 7.14. The molecule has 0 radical (unpaired) electrons. The minimum Gasteiger partial charge on any atom is -0.261 e. The number of nitrogens with zero attached hydrogens (tertiary/aromatic N) is 2. The molecule has 2 heteroatoms. The minimum atomic E-state index is 0.994. The number of nitriles is 1. The molecule has 0 bridgehead atoms. The van der Waals surface area contributed by atoms with Crippen LogP contribution in [0.2, 0.25) is 0 Å². The van der Waals surface area contributed by atoms with Gasteiger partial charge in [0.2, 0.25) is 0 Å². The Morgan fingerprint density at radius 2 is 2.46 bits per heavy atom. The molecule has 0 aliphatic rings. The first-order valence-corrected chi connectivity index (χ1v) is 4.38. The van der Waals surface area contributed by atoms with Gasteiger partial charge in [0.25, 0.3) is 0 Å². The lowest BCUT2D eigenvalue weighted by Gasteiger charge is -1.97. The topological polar surface area (TPSA) is 36.7 Å². The average molecular weight is 172 g/mol. The predicted molar refractivity (Wildman–Crippen MR) is 52.9 cm³/mol. The van der Waals surface area contributed by atoms with Gasteiger partial charge in [-0.1, -0.05) is 13.3 Å². The van der Waals surface area contributed by atoms with Crippen LogP contribution in [-0.2, 0) is 6.42 Å². The summed E-state index contributed by atoms with van der Waals surface area (Å²) in [5.74, 6) is 0. The first-order chi connectivity index (χ1) is 6.36. The van der Waals surface area contributed by atoms with Gasteiger partial charge in [0, 0.05) is 18.0 Å². The van der Waals surface area contributed by atoms with E-state index in [0.717, 1.165) is 24.1 Å². The van der Waals surface area contributed by atoms with Crippen molar-refractivity contribution in [3.05, 3.63) is 35.7 Å². The molecule has 0 fully saturated rings. The van der Waals surface area contributed by atoms with Crippen LogP contribution >= 0.6 is 0 Å². The van der Waals surface area contributed by atoms with Crippen molar-refractivity contribution in [1.82, 2.24) is 4.98 Å². The van der Waals surface area contributed by atoms with E-state index in [1.165, 1.54) is 6.08 Å². The van der Waals surface area contributed by atoms with Crippen LogP contribution in [0.1, 0.15) is 24.6 Å². The van der Waals surface area contributed by atoms with Gasteiger partial charge >= 0.3 is 0 Å². The first kappa shape index (κ1) is 9.47. The fourth-order valence-corrected chi connectivity index (χ4v) is 1.13. The van der Waals surface area contributed by atoms with Crippen molar-refractivity contribution in [3.8, 4) is 6.07 Å². The van der Waals surface area contributed by atoms with Crippen LogP contribution in [0, 0.1) is 11.3 Å². The molecule has 0 N–H and O–H groups in total. The van der Waals surface area contributed by atoms with Crippen molar-refractivity contribution in [2.45, 2.75) is 19.8 Å². The van der Waals surface area contributed by atoms with Crippen LogP contribution in [0.4, 0.5) is 0 Å². The third-order valence-electron chi connectivity index (χ3n) is 1.70. The minimum absolute atomic E-state index is 0.994. The van der Waals surface area contributed by atoms with E-state index in [0.29, 0.717) is 0 Å². The van der Waals surface area contributed by atoms with Crippen molar-refractivity contribution in [2.24, 2.45) is 0 Å². The van der Waals surface area contributed by atoms with E-state index in [-0.39, 0.29) is 0 Å². The van der Waals surface area contributed by atoms with Crippen LogP contribution < -0.4 is 0 Å². The summed E-state index contributed by atoms with van der Waals surface area (Å²) < 4.78 is 0. The van der Waals surface area contributed by atoms with E-state index < -0.39 is 0 Å². The molecule has 0 saturated heterocycles. The Bertz CT molecular complexity index is 334. The van der Waals surface area contributed by atoms with Gasteiger partial charge in [-0.3, -0.25) is 4.98 Å². The molecule has 0 amide bonds. The summed E-state index contributed by atoms with van der Waals surface area (Å²) in [4.78, 5) is 4.22. The lowest BCUT2D eigenvalue weighted by Crippen LogP contribution is -1.88. The van der Waals surface area contributed by atoms with Crippen molar-refractivity contribution >= 4 is 6.08 Å². The number of hydrogen-bond acceptors (Lipinski definition) is 2. The van der Waals surface area contributed by atoms with Gasteiger partial charge in [-0.15, -0.1) is 0 Å². The van der Waals surface area contributed by atoms with Crippen LogP contribution in [0.25, 0.3) is 6.08 Å². The zero-order chi connectivity index (χ0) is 9.52. The number of aryl methyl sites for hydroxylation is 1. The molecule has 0 unspecified atom stereocenters. The predicted octanol–water partition coefficient (Wildman–Crippen LogP) is 2.57. The fourth-order valence-electron chi connectivity index (χ4n) is 1.13. The maximum Gasteiger partial charge on any atom is 0.0912 e. The lowest BCUT2D eigenvalue weighted by molar-refractivity contribution is 0.882. The van der Waals surface area contributed by atoms with Crippen LogP contribution in [-0.4, -0.2) is 4.98 Å². The normalized spacial score (nSPS) is 10.2. The molecule has 1 rings (SSSR count). The van der Waals surface area contributed by atoms with Crippen molar-refractivity contribution in [2.75, 3.05) is 0 Å². The van der Waals surface area contributed by atoms with Crippen LogP contribution in [0.5, 0.6) is 0 Å². The Morgan fingerprint density at radius 1 is 1.62 bits per heavy atom. The van der Waals surface area contributed by atoms with E-state index in [9.17, 15) is 0 Å². The molecule has 13 heavy (non-hydrogen) atoms. The van der Waals surface area contributed by atoms with Gasteiger partial charge in [0.1, 0.15) is 0 Å². The summed E-state index contributed by atoms with van der Waals surface area (Å²) >= 11 is 0. The van der Waals surface area contributed by atoms with Crippen LogP contribution in [0.3, 0.4) is 0 Å². The standard InChI is InChI=1S/C11H12N2/c1-2-4-11-9-10(5-3-7-12)6-8-13-11/h3,5-6,8-9H,2,4H2,1H3. The molecule has 0 spiro atoms. The number of pyridine rings is 1. The highest BCUT2D eigenvalue weighted by Crippen LogP contribution is 2.05. The van der Waals surface area contributed by atoms with Crippen LogP contribution in [0.15, 0.2) is 24.4 Å². The van der Waals surface area contributed by atoms with Crippen molar-refractivity contribution in [3.63, 3.8) is 0 Å². The van der Waals surface area contributed by atoms with E-state index in [1.807, 2.05) is 18.2 Å². The average Bonchev–Trinajstić information content (AvgIpc) is 2.16. The van der Waals surface area contributed by atoms with E-state index >= 15 is 0 Å². The molecule has 0 aliphatic carbocycles. The Morgan fingerprint density at radius 3 is 3.15 bits per heavy atom. The molecule has 0 aromatic carbocycles. The summed E-state index contributed by atoms with van der Waals surface area (Å²) in [5, 5.41) is 8.35. The highest BCUT2D eigenvalue weighted by Gasteiger charge is 1.92. The lowest BCUT2D eigenvalue weighted by atomic mass is 10.1. The maximum absolute atomic E-state index is 8.35. The third-order valence-corrected chi connectivity index (χ3v) is 1.70. The number of aromatic nitrogens is 1. The summed E-state index contributed by atoms with van der Waals surface area (Å²) in [6, 6.07) is 5.87. The molecular formula is C11H12N2. The Kier molecular flexibility index (Phi) is 3.72. The molecule has 0 saturated carbocycles. The van der Waals surface area contributed by atoms with E-state index in [2.05, 4.69) is 11.9 Å². The Labute approximate surface area is 78.5 Å². The van der Waals surface area contributed by atoms with Gasteiger partial charge < -0.3 is 0 Å². The fraction of sp³-hybridized carbons (Fsp3) is 0.273. The second kappa shape index (κ2) is 5.10.